The van der Waals surface area contributed by atoms with E-state index in [1.54, 1.807) is 0 Å². The van der Waals surface area contributed by atoms with Gasteiger partial charge in [0.15, 0.2) is 0 Å². The van der Waals surface area contributed by atoms with Crippen LogP contribution in [0.3, 0.4) is 0 Å². The van der Waals surface area contributed by atoms with E-state index in [9.17, 15) is 13.2 Å². The van der Waals surface area contributed by atoms with E-state index in [0.29, 0.717) is 6.54 Å². The summed E-state index contributed by atoms with van der Waals surface area (Å²) >= 11 is 0. The predicted molar refractivity (Wildman–Crippen MR) is 36.3 cm³/mol. The third kappa shape index (κ3) is 9.67. The van der Waals surface area contributed by atoms with Crippen LogP contribution in [-0.2, 0) is 9.57 Å². The number of hydrogen-bond donors (Lipinski definition) is 1. The van der Waals surface area contributed by atoms with Crippen molar-refractivity contribution in [1.29, 1.82) is 0 Å². The maximum atomic E-state index is 11.3. The SMILES string of the molecule is CCCNOCCOC(F)(F)F. The topological polar surface area (TPSA) is 30.5 Å². The van der Waals surface area contributed by atoms with Gasteiger partial charge in [-0.3, -0.25) is 9.57 Å². The zero-order valence-electron chi connectivity index (χ0n) is 6.78. The summed E-state index contributed by atoms with van der Waals surface area (Å²) in [7, 11) is 0. The summed E-state index contributed by atoms with van der Waals surface area (Å²) in [4.78, 5) is 4.59. The molecule has 0 amide bonds. The Kier molecular flexibility index (Phi) is 6.04. The fraction of sp³-hybridized carbons (Fsp3) is 1.00. The van der Waals surface area contributed by atoms with Crippen LogP contribution in [0.25, 0.3) is 0 Å². The Morgan fingerprint density at radius 1 is 1.25 bits per heavy atom. The summed E-state index contributed by atoms with van der Waals surface area (Å²) in [6.07, 6.45) is -3.70. The summed E-state index contributed by atoms with van der Waals surface area (Å²) in [5, 5.41) is 0. The second-order valence-electron chi connectivity index (χ2n) is 2.04. The molecule has 0 heterocycles. The molecule has 0 aliphatic rings. The number of nitrogens with one attached hydrogen (secondary N) is 1. The highest BCUT2D eigenvalue weighted by atomic mass is 19.4. The Morgan fingerprint density at radius 2 is 1.92 bits per heavy atom. The van der Waals surface area contributed by atoms with Crippen LogP contribution in [0.15, 0.2) is 0 Å². The molecular weight excluding hydrogens is 175 g/mol. The smallest absolute Gasteiger partial charge is 0.299 e. The number of hydrogen-bond acceptors (Lipinski definition) is 3. The lowest BCUT2D eigenvalue weighted by Gasteiger charge is -2.07. The van der Waals surface area contributed by atoms with Gasteiger partial charge in [-0.15, -0.1) is 13.2 Å². The molecule has 0 bridgehead atoms. The Bertz CT molecular complexity index is 107. The fourth-order valence-electron chi connectivity index (χ4n) is 0.445. The number of rotatable bonds is 6. The lowest BCUT2D eigenvalue weighted by atomic mass is 10.5. The molecule has 0 fully saturated rings. The van der Waals surface area contributed by atoms with E-state index in [0.717, 1.165) is 6.42 Å². The number of ether oxygens (including phenoxy) is 1. The van der Waals surface area contributed by atoms with Crippen molar-refractivity contribution in [2.75, 3.05) is 19.8 Å². The van der Waals surface area contributed by atoms with Gasteiger partial charge in [0.25, 0.3) is 0 Å². The first-order valence-electron chi connectivity index (χ1n) is 3.61. The normalized spacial score (nSPS) is 12.0. The molecule has 0 unspecified atom stereocenters. The first kappa shape index (κ1) is 11.7. The molecule has 0 saturated carbocycles. The maximum absolute atomic E-state index is 11.3. The largest absolute Gasteiger partial charge is 0.522 e. The molecule has 0 aliphatic carbocycles. The Morgan fingerprint density at radius 3 is 2.42 bits per heavy atom. The monoisotopic (exact) mass is 187 g/mol. The van der Waals surface area contributed by atoms with Crippen LogP contribution in [0.4, 0.5) is 13.2 Å². The lowest BCUT2D eigenvalue weighted by molar-refractivity contribution is -0.327. The first-order valence-corrected chi connectivity index (χ1v) is 3.61. The van der Waals surface area contributed by atoms with E-state index in [2.05, 4.69) is 15.1 Å². The highest BCUT2D eigenvalue weighted by molar-refractivity contribution is 4.31. The van der Waals surface area contributed by atoms with Crippen molar-refractivity contribution in [3.8, 4) is 0 Å². The summed E-state index contributed by atoms with van der Waals surface area (Å²) in [6.45, 7) is 1.94. The van der Waals surface area contributed by atoms with Crippen LogP contribution in [0.5, 0.6) is 0 Å². The van der Waals surface area contributed by atoms with Gasteiger partial charge in [-0.1, -0.05) is 6.92 Å². The van der Waals surface area contributed by atoms with Crippen LogP contribution >= 0.6 is 0 Å². The summed E-state index contributed by atoms with van der Waals surface area (Å²) in [5.74, 6) is 0. The minimum absolute atomic E-state index is 0.112. The molecule has 0 saturated heterocycles. The van der Waals surface area contributed by atoms with E-state index in [-0.39, 0.29) is 6.61 Å². The average Bonchev–Trinajstić information content (AvgIpc) is 1.94. The summed E-state index contributed by atoms with van der Waals surface area (Å²) < 4.78 is 37.4. The third-order valence-corrected chi connectivity index (χ3v) is 0.905. The molecule has 1 N–H and O–H groups in total. The van der Waals surface area contributed by atoms with Crippen molar-refractivity contribution < 1.29 is 22.7 Å². The molecule has 3 nitrogen and oxygen atoms in total. The zero-order valence-corrected chi connectivity index (χ0v) is 6.78. The summed E-state index contributed by atoms with van der Waals surface area (Å²) in [5.41, 5.74) is 2.47. The van der Waals surface area contributed by atoms with Gasteiger partial charge in [-0.05, 0) is 6.42 Å². The molecule has 0 rings (SSSR count). The van der Waals surface area contributed by atoms with Crippen LogP contribution < -0.4 is 5.48 Å². The first-order chi connectivity index (χ1) is 5.56. The van der Waals surface area contributed by atoms with Crippen LogP contribution in [0.1, 0.15) is 13.3 Å². The molecule has 74 valence electrons. The molecule has 0 aromatic rings. The maximum Gasteiger partial charge on any atom is 0.522 e. The highest BCUT2D eigenvalue weighted by Crippen LogP contribution is 2.15. The molecule has 0 aliphatic heterocycles. The van der Waals surface area contributed by atoms with Gasteiger partial charge in [0.1, 0.15) is 0 Å². The van der Waals surface area contributed by atoms with Gasteiger partial charge >= 0.3 is 6.36 Å². The highest BCUT2D eigenvalue weighted by Gasteiger charge is 2.28. The van der Waals surface area contributed by atoms with Crippen molar-refractivity contribution in [3.63, 3.8) is 0 Å². The number of alkyl halides is 3. The molecule has 0 aromatic carbocycles. The Hall–Kier alpha value is -0.330. The quantitative estimate of drug-likeness (QED) is 0.504. The van der Waals surface area contributed by atoms with Gasteiger partial charge in [0.05, 0.1) is 13.2 Å². The van der Waals surface area contributed by atoms with Crippen LogP contribution in [0, 0.1) is 0 Å². The van der Waals surface area contributed by atoms with Crippen molar-refractivity contribution >= 4 is 0 Å². The Balaban J connectivity index is 3.01. The van der Waals surface area contributed by atoms with E-state index >= 15 is 0 Å². The van der Waals surface area contributed by atoms with Gasteiger partial charge in [0.2, 0.25) is 0 Å². The minimum atomic E-state index is -4.56. The molecule has 0 spiro atoms. The molecule has 12 heavy (non-hydrogen) atoms. The fourth-order valence-corrected chi connectivity index (χ4v) is 0.445. The van der Waals surface area contributed by atoms with Crippen molar-refractivity contribution in [1.82, 2.24) is 5.48 Å². The van der Waals surface area contributed by atoms with Gasteiger partial charge in [0, 0.05) is 6.54 Å². The van der Waals surface area contributed by atoms with E-state index in [1.165, 1.54) is 0 Å². The van der Waals surface area contributed by atoms with Gasteiger partial charge in [-0.25, -0.2) is 5.48 Å². The van der Waals surface area contributed by atoms with Crippen molar-refractivity contribution in [2.24, 2.45) is 0 Å². The van der Waals surface area contributed by atoms with E-state index in [1.807, 2.05) is 6.92 Å². The lowest BCUT2D eigenvalue weighted by Crippen LogP contribution is -2.22. The van der Waals surface area contributed by atoms with E-state index < -0.39 is 13.0 Å². The molecular formula is C6H12F3NO2. The molecule has 0 atom stereocenters. The minimum Gasteiger partial charge on any atom is -0.299 e. The van der Waals surface area contributed by atoms with Gasteiger partial charge in [-0.2, -0.15) is 0 Å². The molecule has 0 aromatic heterocycles. The van der Waals surface area contributed by atoms with Crippen molar-refractivity contribution in [2.45, 2.75) is 19.7 Å². The molecule has 6 heteroatoms. The second kappa shape index (κ2) is 6.22. The van der Waals surface area contributed by atoms with Crippen LogP contribution in [-0.4, -0.2) is 26.1 Å². The zero-order chi connectivity index (χ0) is 9.45. The van der Waals surface area contributed by atoms with Gasteiger partial charge < -0.3 is 0 Å². The average molecular weight is 187 g/mol. The standard InChI is InChI=1S/C6H12F3NO2/c1-2-3-10-12-5-4-11-6(7,8)9/h10H,2-5H2,1H3. The molecule has 0 radical (unpaired) electrons. The number of hydroxylamine groups is 1. The summed E-state index contributed by atoms with van der Waals surface area (Å²) in [6, 6.07) is 0. The predicted octanol–water partition coefficient (Wildman–Crippen LogP) is 1.45. The number of halogens is 3. The Labute approximate surface area is 68.8 Å². The van der Waals surface area contributed by atoms with Crippen molar-refractivity contribution in [3.05, 3.63) is 0 Å². The second-order valence-corrected chi connectivity index (χ2v) is 2.04. The van der Waals surface area contributed by atoms with E-state index in [4.69, 9.17) is 0 Å². The third-order valence-electron chi connectivity index (χ3n) is 0.905. The van der Waals surface area contributed by atoms with Crippen LogP contribution in [0.2, 0.25) is 0 Å².